The van der Waals surface area contributed by atoms with Crippen LogP contribution >= 0.6 is 0 Å². The molecule has 104 valence electrons. The smallest absolute Gasteiger partial charge is 0.214 e. The van der Waals surface area contributed by atoms with Crippen molar-refractivity contribution in [3.63, 3.8) is 0 Å². The van der Waals surface area contributed by atoms with Gasteiger partial charge < -0.3 is 0 Å². The lowest BCUT2D eigenvalue weighted by atomic mass is 9.85. The molecule has 0 fully saturated rings. The van der Waals surface area contributed by atoms with Gasteiger partial charge in [0.15, 0.2) is 0 Å². The SMILES string of the molecule is Cn1nc(CS(N)(=O)=O)c2cccc(C(C)(C)C)c21. The molecule has 0 aliphatic heterocycles. The van der Waals surface area contributed by atoms with E-state index in [9.17, 15) is 8.42 Å². The molecule has 1 heterocycles. The van der Waals surface area contributed by atoms with E-state index in [2.05, 4.69) is 25.9 Å². The summed E-state index contributed by atoms with van der Waals surface area (Å²) in [6.45, 7) is 6.36. The largest absolute Gasteiger partial charge is 0.267 e. The summed E-state index contributed by atoms with van der Waals surface area (Å²) in [6.07, 6.45) is 0. The van der Waals surface area contributed by atoms with Gasteiger partial charge in [0.2, 0.25) is 10.0 Å². The van der Waals surface area contributed by atoms with Crippen LogP contribution in [0.1, 0.15) is 32.0 Å². The monoisotopic (exact) mass is 281 g/mol. The first-order chi connectivity index (χ1) is 8.59. The highest BCUT2D eigenvalue weighted by atomic mass is 32.2. The van der Waals surface area contributed by atoms with Crippen molar-refractivity contribution in [1.82, 2.24) is 9.78 Å². The van der Waals surface area contributed by atoms with E-state index >= 15 is 0 Å². The fourth-order valence-electron chi connectivity index (χ4n) is 2.31. The van der Waals surface area contributed by atoms with Crippen molar-refractivity contribution in [1.29, 1.82) is 0 Å². The Bertz CT molecular complexity index is 724. The Morgan fingerprint density at radius 2 is 1.95 bits per heavy atom. The molecule has 1 aromatic carbocycles. The standard InChI is InChI=1S/C13H19N3O2S/c1-13(2,3)10-7-5-6-9-11(8-19(14,17)18)15-16(4)12(9)10/h5-7H,8H2,1-4H3,(H2,14,17,18). The van der Waals surface area contributed by atoms with E-state index in [4.69, 9.17) is 5.14 Å². The summed E-state index contributed by atoms with van der Waals surface area (Å²) in [7, 11) is -1.76. The average molecular weight is 281 g/mol. The number of primary sulfonamides is 1. The molecular weight excluding hydrogens is 262 g/mol. The molecule has 5 nitrogen and oxygen atoms in total. The highest BCUT2D eigenvalue weighted by molar-refractivity contribution is 7.88. The lowest BCUT2D eigenvalue weighted by Gasteiger charge is -2.20. The van der Waals surface area contributed by atoms with Crippen LogP contribution in [0.15, 0.2) is 18.2 Å². The summed E-state index contributed by atoms with van der Waals surface area (Å²) in [5.41, 5.74) is 2.58. The number of rotatable bonds is 2. The van der Waals surface area contributed by atoms with Gasteiger partial charge in [-0.05, 0) is 11.0 Å². The second-order valence-corrected chi connectivity index (χ2v) is 7.44. The van der Waals surface area contributed by atoms with Crippen molar-refractivity contribution in [3.8, 4) is 0 Å². The number of benzene rings is 1. The van der Waals surface area contributed by atoms with E-state index in [0.29, 0.717) is 5.69 Å². The highest BCUT2D eigenvalue weighted by Gasteiger charge is 2.22. The number of hydrogen-bond acceptors (Lipinski definition) is 3. The molecule has 0 atom stereocenters. The molecule has 2 N–H and O–H groups in total. The van der Waals surface area contributed by atoms with Crippen LogP contribution in [0.5, 0.6) is 0 Å². The molecule has 6 heteroatoms. The second kappa shape index (κ2) is 4.31. The summed E-state index contributed by atoms with van der Waals surface area (Å²) < 4.78 is 24.3. The molecule has 0 saturated heterocycles. The number of fused-ring (bicyclic) bond motifs is 1. The number of para-hydroxylation sites is 1. The van der Waals surface area contributed by atoms with E-state index in [-0.39, 0.29) is 11.2 Å². The van der Waals surface area contributed by atoms with Gasteiger partial charge in [0.05, 0.1) is 11.2 Å². The predicted octanol–water partition coefficient (Wildman–Crippen LogP) is 1.66. The normalized spacial score (nSPS) is 13.1. The maximum absolute atomic E-state index is 11.3. The van der Waals surface area contributed by atoms with Gasteiger partial charge in [0.25, 0.3) is 0 Å². The van der Waals surface area contributed by atoms with Gasteiger partial charge in [0.1, 0.15) is 5.75 Å². The van der Waals surface area contributed by atoms with Crippen LogP contribution in [-0.2, 0) is 28.2 Å². The van der Waals surface area contributed by atoms with Crippen LogP contribution in [0.2, 0.25) is 0 Å². The maximum Gasteiger partial charge on any atom is 0.214 e. The van der Waals surface area contributed by atoms with Crippen LogP contribution in [0.4, 0.5) is 0 Å². The Balaban J connectivity index is 2.74. The Morgan fingerprint density at radius 3 is 2.47 bits per heavy atom. The van der Waals surface area contributed by atoms with E-state index in [1.807, 2.05) is 25.2 Å². The first-order valence-corrected chi connectivity index (χ1v) is 7.77. The molecule has 0 saturated carbocycles. The van der Waals surface area contributed by atoms with Crippen LogP contribution in [0.3, 0.4) is 0 Å². The summed E-state index contributed by atoms with van der Waals surface area (Å²) in [6, 6.07) is 5.86. The van der Waals surface area contributed by atoms with Gasteiger partial charge >= 0.3 is 0 Å². The summed E-state index contributed by atoms with van der Waals surface area (Å²) in [4.78, 5) is 0. The van der Waals surface area contributed by atoms with Crippen LogP contribution in [-0.4, -0.2) is 18.2 Å². The van der Waals surface area contributed by atoms with E-state index in [1.165, 1.54) is 0 Å². The first-order valence-electron chi connectivity index (χ1n) is 6.05. The Labute approximate surface area is 113 Å². The lowest BCUT2D eigenvalue weighted by molar-refractivity contribution is 0.589. The average Bonchev–Trinajstić information content (AvgIpc) is 2.52. The van der Waals surface area contributed by atoms with Gasteiger partial charge in [-0.1, -0.05) is 39.0 Å². The number of sulfonamides is 1. The topological polar surface area (TPSA) is 78.0 Å². The molecular formula is C13H19N3O2S. The molecule has 2 aromatic rings. The molecule has 0 unspecified atom stereocenters. The molecule has 1 aromatic heterocycles. The molecule has 0 radical (unpaired) electrons. The van der Waals surface area contributed by atoms with Crippen LogP contribution in [0.25, 0.3) is 10.9 Å². The minimum Gasteiger partial charge on any atom is -0.267 e. The zero-order chi connectivity index (χ0) is 14.4. The maximum atomic E-state index is 11.3. The fraction of sp³-hybridized carbons (Fsp3) is 0.462. The number of aromatic nitrogens is 2. The molecule has 19 heavy (non-hydrogen) atoms. The van der Waals surface area contributed by atoms with Crippen molar-refractivity contribution < 1.29 is 8.42 Å². The third-order valence-corrected chi connectivity index (χ3v) is 3.76. The number of hydrogen-bond donors (Lipinski definition) is 1. The highest BCUT2D eigenvalue weighted by Crippen LogP contribution is 2.31. The summed E-state index contributed by atoms with van der Waals surface area (Å²) in [5, 5.41) is 10.3. The lowest BCUT2D eigenvalue weighted by Crippen LogP contribution is -2.15. The van der Waals surface area contributed by atoms with Gasteiger partial charge in [0, 0.05) is 12.4 Å². The number of aryl methyl sites for hydroxylation is 1. The minimum absolute atomic E-state index is 0.0356. The Hall–Kier alpha value is -1.40. The van der Waals surface area contributed by atoms with Crippen molar-refractivity contribution >= 4 is 20.9 Å². The number of nitrogens with two attached hydrogens (primary N) is 1. The molecule has 0 bridgehead atoms. The predicted molar refractivity (Wildman–Crippen MR) is 76.2 cm³/mol. The van der Waals surface area contributed by atoms with Crippen molar-refractivity contribution in [3.05, 3.63) is 29.5 Å². The van der Waals surface area contributed by atoms with Crippen LogP contribution < -0.4 is 5.14 Å². The molecule has 0 amide bonds. The minimum atomic E-state index is -3.58. The quantitative estimate of drug-likeness (QED) is 0.909. The zero-order valence-electron chi connectivity index (χ0n) is 11.6. The number of nitrogens with zero attached hydrogens (tertiary/aromatic N) is 2. The Morgan fingerprint density at radius 1 is 1.32 bits per heavy atom. The molecule has 0 aliphatic carbocycles. The zero-order valence-corrected chi connectivity index (χ0v) is 12.5. The van der Waals surface area contributed by atoms with E-state index < -0.39 is 10.0 Å². The van der Waals surface area contributed by atoms with E-state index in [0.717, 1.165) is 16.5 Å². The third kappa shape index (κ3) is 2.79. The summed E-state index contributed by atoms with van der Waals surface area (Å²) in [5.74, 6) is -0.238. The fourth-order valence-corrected chi connectivity index (χ4v) is 2.91. The Kier molecular flexibility index (Phi) is 3.18. The van der Waals surface area contributed by atoms with Gasteiger partial charge in [-0.15, -0.1) is 0 Å². The molecule has 2 rings (SSSR count). The third-order valence-electron chi connectivity index (χ3n) is 3.09. The second-order valence-electron chi connectivity index (χ2n) is 5.83. The van der Waals surface area contributed by atoms with Crippen molar-refractivity contribution in [2.75, 3.05) is 0 Å². The van der Waals surface area contributed by atoms with Crippen LogP contribution in [0, 0.1) is 0 Å². The van der Waals surface area contributed by atoms with E-state index in [1.54, 1.807) is 4.68 Å². The van der Waals surface area contributed by atoms with Crippen molar-refractivity contribution in [2.24, 2.45) is 12.2 Å². The van der Waals surface area contributed by atoms with Gasteiger partial charge in [-0.25, -0.2) is 13.6 Å². The first kappa shape index (κ1) is 14.0. The van der Waals surface area contributed by atoms with Gasteiger partial charge in [-0.2, -0.15) is 5.10 Å². The summed E-state index contributed by atoms with van der Waals surface area (Å²) >= 11 is 0. The van der Waals surface area contributed by atoms with Crippen molar-refractivity contribution in [2.45, 2.75) is 31.9 Å². The molecule has 0 spiro atoms. The molecule has 0 aliphatic rings. The van der Waals surface area contributed by atoms with Gasteiger partial charge in [-0.3, -0.25) is 4.68 Å².